The topological polar surface area (TPSA) is 74.7 Å². The zero-order valence-electron chi connectivity index (χ0n) is 19.3. The lowest BCUT2D eigenvalue weighted by Gasteiger charge is -2.35. The van der Waals surface area contributed by atoms with Gasteiger partial charge in [-0.2, -0.15) is 0 Å². The molecule has 1 N–H and O–H groups in total. The molecule has 1 aliphatic heterocycles. The molecule has 1 aliphatic rings. The fourth-order valence-electron chi connectivity index (χ4n) is 4.03. The Bertz CT molecular complexity index is 1210. The molecule has 0 unspecified atom stereocenters. The second-order valence-electron chi connectivity index (χ2n) is 8.41. The summed E-state index contributed by atoms with van der Waals surface area (Å²) in [5.41, 5.74) is 3.70. The van der Waals surface area contributed by atoms with E-state index in [9.17, 15) is 18.8 Å². The predicted octanol–water partition coefficient (Wildman–Crippen LogP) is 3.48. The molecule has 1 aromatic heterocycles. The number of carbonyl (C=O) groups is 3. The van der Waals surface area contributed by atoms with E-state index in [0.717, 1.165) is 16.8 Å². The summed E-state index contributed by atoms with van der Waals surface area (Å²) >= 11 is 0. The molecule has 0 spiro atoms. The molecule has 2 heterocycles. The van der Waals surface area contributed by atoms with Gasteiger partial charge in [-0.05, 0) is 67.4 Å². The van der Waals surface area contributed by atoms with Crippen LogP contribution < -0.4 is 5.32 Å². The number of hydrogen-bond acceptors (Lipinski definition) is 3. The highest BCUT2D eigenvalue weighted by Gasteiger charge is 2.27. The molecular formula is C26H27FN4O3. The Hall–Kier alpha value is -3.94. The van der Waals surface area contributed by atoms with Crippen molar-refractivity contribution in [2.24, 2.45) is 0 Å². The van der Waals surface area contributed by atoms with E-state index in [2.05, 4.69) is 5.32 Å². The Morgan fingerprint density at radius 1 is 0.853 bits per heavy atom. The van der Waals surface area contributed by atoms with Gasteiger partial charge in [-0.15, -0.1) is 0 Å². The van der Waals surface area contributed by atoms with Crippen LogP contribution in [-0.2, 0) is 11.3 Å². The summed E-state index contributed by atoms with van der Waals surface area (Å²) in [6.45, 7) is 5.49. The Morgan fingerprint density at radius 2 is 1.50 bits per heavy atom. The van der Waals surface area contributed by atoms with Gasteiger partial charge >= 0.3 is 0 Å². The summed E-state index contributed by atoms with van der Waals surface area (Å²) in [5.74, 6) is -0.969. The number of rotatable bonds is 5. The lowest BCUT2D eigenvalue weighted by Crippen LogP contribution is -2.51. The first kappa shape index (κ1) is 23.2. The average molecular weight is 463 g/mol. The normalized spacial score (nSPS) is 13.6. The van der Waals surface area contributed by atoms with Crippen LogP contribution in [0.25, 0.3) is 0 Å². The molecule has 0 bridgehead atoms. The van der Waals surface area contributed by atoms with E-state index in [1.807, 2.05) is 32.0 Å². The Labute approximate surface area is 197 Å². The Kier molecular flexibility index (Phi) is 6.77. The van der Waals surface area contributed by atoms with Crippen LogP contribution in [0.4, 0.5) is 10.1 Å². The van der Waals surface area contributed by atoms with Crippen LogP contribution in [-0.4, -0.2) is 58.3 Å². The quantitative estimate of drug-likeness (QED) is 0.631. The smallest absolute Gasteiger partial charge is 0.270 e. The summed E-state index contributed by atoms with van der Waals surface area (Å²) in [6.07, 6.45) is 1.71. The van der Waals surface area contributed by atoms with Gasteiger partial charge in [0.05, 0.1) is 0 Å². The number of nitrogens with one attached hydrogen (secondary N) is 1. The number of piperazine rings is 1. The van der Waals surface area contributed by atoms with Crippen LogP contribution >= 0.6 is 0 Å². The SMILES string of the molecule is Cc1cccc(NC(=O)Cn2cccc2C(=O)N2CCN(C(=O)c3ccc(F)cc3)CC2)c1C. The van der Waals surface area contributed by atoms with Gasteiger partial charge in [0.15, 0.2) is 0 Å². The number of anilines is 1. The number of halogens is 1. The maximum absolute atomic E-state index is 13.1. The number of carbonyl (C=O) groups excluding carboxylic acids is 3. The molecule has 0 radical (unpaired) electrons. The first-order valence-corrected chi connectivity index (χ1v) is 11.2. The van der Waals surface area contributed by atoms with Crippen molar-refractivity contribution in [3.8, 4) is 0 Å². The number of benzene rings is 2. The minimum atomic E-state index is -0.391. The monoisotopic (exact) mass is 462 g/mol. The largest absolute Gasteiger partial charge is 0.335 e. The van der Waals surface area contributed by atoms with E-state index in [1.165, 1.54) is 24.3 Å². The summed E-state index contributed by atoms with van der Waals surface area (Å²) in [7, 11) is 0. The molecule has 0 aliphatic carbocycles. The minimum absolute atomic E-state index is 0.0183. The van der Waals surface area contributed by atoms with Gasteiger partial charge in [-0.25, -0.2) is 4.39 Å². The first-order valence-electron chi connectivity index (χ1n) is 11.2. The fourth-order valence-corrected chi connectivity index (χ4v) is 4.03. The van der Waals surface area contributed by atoms with Crippen molar-refractivity contribution in [1.29, 1.82) is 0 Å². The van der Waals surface area contributed by atoms with E-state index in [4.69, 9.17) is 0 Å². The highest BCUT2D eigenvalue weighted by Crippen LogP contribution is 2.18. The average Bonchev–Trinajstić information content (AvgIpc) is 3.29. The lowest BCUT2D eigenvalue weighted by atomic mass is 10.1. The molecule has 0 atom stereocenters. The van der Waals surface area contributed by atoms with Crippen LogP contribution in [0.3, 0.4) is 0 Å². The molecule has 1 fully saturated rings. The maximum Gasteiger partial charge on any atom is 0.270 e. The van der Waals surface area contributed by atoms with Crippen LogP contribution in [0.5, 0.6) is 0 Å². The van der Waals surface area contributed by atoms with Crippen molar-refractivity contribution in [2.75, 3.05) is 31.5 Å². The zero-order valence-corrected chi connectivity index (χ0v) is 19.3. The molecule has 7 nitrogen and oxygen atoms in total. The Morgan fingerprint density at radius 3 is 2.18 bits per heavy atom. The molecule has 3 aromatic rings. The minimum Gasteiger partial charge on any atom is -0.335 e. The molecule has 1 saturated heterocycles. The van der Waals surface area contributed by atoms with Crippen molar-refractivity contribution in [3.05, 3.63) is 89.0 Å². The molecule has 8 heteroatoms. The third-order valence-corrected chi connectivity index (χ3v) is 6.19. The van der Waals surface area contributed by atoms with E-state index in [0.29, 0.717) is 37.4 Å². The van der Waals surface area contributed by atoms with Crippen LogP contribution in [0.2, 0.25) is 0 Å². The molecule has 34 heavy (non-hydrogen) atoms. The second kappa shape index (κ2) is 9.91. The van der Waals surface area contributed by atoms with Gasteiger partial charge in [-0.3, -0.25) is 14.4 Å². The van der Waals surface area contributed by atoms with Gasteiger partial charge in [0.25, 0.3) is 11.8 Å². The van der Waals surface area contributed by atoms with Gasteiger partial charge in [0.2, 0.25) is 5.91 Å². The fraction of sp³-hybridized carbons (Fsp3) is 0.269. The van der Waals surface area contributed by atoms with Gasteiger partial charge in [0.1, 0.15) is 18.1 Å². The number of aromatic nitrogens is 1. The van der Waals surface area contributed by atoms with Crippen LogP contribution in [0, 0.1) is 19.7 Å². The molecule has 0 saturated carbocycles. The third kappa shape index (κ3) is 5.01. The molecule has 2 aromatic carbocycles. The predicted molar refractivity (Wildman–Crippen MR) is 127 cm³/mol. The van der Waals surface area contributed by atoms with Crippen LogP contribution in [0.15, 0.2) is 60.8 Å². The van der Waals surface area contributed by atoms with Crippen molar-refractivity contribution in [3.63, 3.8) is 0 Å². The molecule has 3 amide bonds. The highest BCUT2D eigenvalue weighted by molar-refractivity contribution is 5.96. The van der Waals surface area contributed by atoms with E-state index in [-0.39, 0.29) is 24.3 Å². The van der Waals surface area contributed by atoms with Gasteiger partial charge in [0, 0.05) is 43.6 Å². The summed E-state index contributed by atoms with van der Waals surface area (Å²) in [4.78, 5) is 41.8. The van der Waals surface area contributed by atoms with E-state index >= 15 is 0 Å². The van der Waals surface area contributed by atoms with Gasteiger partial charge < -0.3 is 19.7 Å². The Balaban J connectivity index is 1.36. The maximum atomic E-state index is 13.1. The van der Waals surface area contributed by atoms with Crippen LogP contribution in [0.1, 0.15) is 32.0 Å². The van der Waals surface area contributed by atoms with Crippen molar-refractivity contribution in [1.82, 2.24) is 14.4 Å². The summed E-state index contributed by atoms with van der Waals surface area (Å²) < 4.78 is 14.8. The number of hydrogen-bond donors (Lipinski definition) is 1. The summed E-state index contributed by atoms with van der Waals surface area (Å²) in [6, 6.07) is 14.6. The molecular weight excluding hydrogens is 435 g/mol. The highest BCUT2D eigenvalue weighted by atomic mass is 19.1. The van der Waals surface area contributed by atoms with Crippen molar-refractivity contribution >= 4 is 23.4 Å². The number of aryl methyl sites for hydroxylation is 1. The first-order chi connectivity index (χ1) is 16.3. The molecule has 176 valence electrons. The third-order valence-electron chi connectivity index (χ3n) is 6.19. The number of nitrogens with zero attached hydrogens (tertiary/aromatic N) is 3. The van der Waals surface area contributed by atoms with Crippen molar-refractivity contribution in [2.45, 2.75) is 20.4 Å². The van der Waals surface area contributed by atoms with Crippen molar-refractivity contribution < 1.29 is 18.8 Å². The van der Waals surface area contributed by atoms with Gasteiger partial charge in [-0.1, -0.05) is 12.1 Å². The second-order valence-corrected chi connectivity index (χ2v) is 8.41. The van der Waals surface area contributed by atoms with E-state index < -0.39 is 5.82 Å². The zero-order chi connectivity index (χ0) is 24.2. The standard InChI is InChI=1S/C26H27FN4O3/c1-18-5-3-6-22(19(18)2)28-24(32)17-31-12-4-7-23(31)26(34)30-15-13-29(14-16-30)25(33)20-8-10-21(27)11-9-20/h3-12H,13-17H2,1-2H3,(H,28,32). The lowest BCUT2D eigenvalue weighted by molar-refractivity contribution is -0.116. The van der Waals surface area contributed by atoms with E-state index in [1.54, 1.807) is 32.7 Å². The summed E-state index contributed by atoms with van der Waals surface area (Å²) in [5, 5.41) is 2.92. The number of amides is 3. The molecule has 4 rings (SSSR count).